The summed E-state index contributed by atoms with van der Waals surface area (Å²) in [6.45, 7) is 6.60. The van der Waals surface area contributed by atoms with Crippen molar-refractivity contribution in [1.29, 1.82) is 0 Å². The molecule has 0 saturated heterocycles. The van der Waals surface area contributed by atoms with Crippen molar-refractivity contribution in [2.24, 2.45) is 11.8 Å². The number of aromatic nitrogens is 1. The van der Waals surface area contributed by atoms with Crippen LogP contribution in [-0.2, 0) is 27.7 Å². The Kier molecular flexibility index (Phi) is 6.84. The Bertz CT molecular complexity index is 1440. The van der Waals surface area contributed by atoms with Crippen LogP contribution >= 0.6 is 0 Å². The highest BCUT2D eigenvalue weighted by Gasteiger charge is 2.58. The number of ketones is 1. The molecule has 1 aromatic heterocycles. The van der Waals surface area contributed by atoms with Crippen LogP contribution in [-0.4, -0.2) is 37.8 Å². The molecule has 2 aliphatic carbocycles. The maximum Gasteiger partial charge on any atom is 0.213 e. The molecule has 6 nitrogen and oxygen atoms in total. The Morgan fingerprint density at radius 3 is 2.54 bits per heavy atom. The van der Waals surface area contributed by atoms with E-state index in [4.69, 9.17) is 9.47 Å². The van der Waals surface area contributed by atoms with Gasteiger partial charge in [-0.25, -0.2) is 13.4 Å². The van der Waals surface area contributed by atoms with Crippen molar-refractivity contribution >= 4 is 15.6 Å². The first kappa shape index (κ1) is 25.5. The first-order valence-corrected chi connectivity index (χ1v) is 14.8. The van der Waals surface area contributed by atoms with E-state index in [0.717, 1.165) is 40.0 Å². The standard InChI is InChI=1S/C30H33NO5S/c1-18-11-24(35-9-6-10-37(4,33)34)12-19(2)28(18)22-8-5-7-21(13-22)17-36-27-15-23-14-25-29(20(3)32)30(25)26(23)16-31-27/h5,7-8,11-13,15-16,25,29-30H,6,9-10,14,17H2,1-4H3/t25-,29-,30+/m0/s1. The third kappa shape index (κ3) is 5.57. The second-order valence-electron chi connectivity index (χ2n) is 10.5. The molecule has 2 aliphatic rings. The topological polar surface area (TPSA) is 82.6 Å². The van der Waals surface area contributed by atoms with Gasteiger partial charge in [0.15, 0.2) is 0 Å². The summed E-state index contributed by atoms with van der Waals surface area (Å²) in [6.07, 6.45) is 4.55. The van der Waals surface area contributed by atoms with E-state index in [9.17, 15) is 13.2 Å². The minimum absolute atomic E-state index is 0.125. The van der Waals surface area contributed by atoms with E-state index in [1.54, 1.807) is 6.92 Å². The van der Waals surface area contributed by atoms with E-state index in [0.29, 0.717) is 37.4 Å². The summed E-state index contributed by atoms with van der Waals surface area (Å²) in [7, 11) is -2.98. The summed E-state index contributed by atoms with van der Waals surface area (Å²) in [5.41, 5.74) is 7.98. The average Bonchev–Trinajstić information content (AvgIpc) is 3.42. The van der Waals surface area contributed by atoms with Crippen molar-refractivity contribution in [3.63, 3.8) is 0 Å². The Balaban J connectivity index is 1.23. The van der Waals surface area contributed by atoms with Gasteiger partial charge in [-0.2, -0.15) is 0 Å². The van der Waals surface area contributed by atoms with Crippen LogP contribution in [0.1, 0.15) is 47.1 Å². The summed E-state index contributed by atoms with van der Waals surface area (Å²) in [5, 5.41) is 0. The number of hydrogen-bond acceptors (Lipinski definition) is 6. The summed E-state index contributed by atoms with van der Waals surface area (Å²) < 4.78 is 34.5. The number of sulfone groups is 1. The molecule has 0 amide bonds. The largest absolute Gasteiger partial charge is 0.494 e. The number of hydrogen-bond donors (Lipinski definition) is 0. The molecule has 0 aliphatic heterocycles. The normalized spacial score (nSPS) is 19.7. The van der Waals surface area contributed by atoms with Gasteiger partial charge in [0.05, 0.1) is 12.4 Å². The van der Waals surface area contributed by atoms with Crippen molar-refractivity contribution in [3.8, 4) is 22.8 Å². The molecule has 3 aromatic rings. The molecule has 5 rings (SSSR count). The van der Waals surface area contributed by atoms with Crippen LogP contribution in [0.15, 0.2) is 48.7 Å². The first-order valence-electron chi connectivity index (χ1n) is 12.7. The van der Waals surface area contributed by atoms with E-state index in [1.165, 1.54) is 17.4 Å². The van der Waals surface area contributed by atoms with Crippen LogP contribution in [0.5, 0.6) is 11.6 Å². The molecule has 1 saturated carbocycles. The lowest BCUT2D eigenvalue weighted by Crippen LogP contribution is -2.08. The molecule has 0 unspecified atom stereocenters. The molecular formula is C30H33NO5S. The van der Waals surface area contributed by atoms with Gasteiger partial charge in [0.1, 0.15) is 28.0 Å². The number of pyridine rings is 1. The fourth-order valence-corrected chi connectivity index (χ4v) is 6.49. The highest BCUT2D eigenvalue weighted by atomic mass is 32.2. The van der Waals surface area contributed by atoms with Crippen LogP contribution in [0.2, 0.25) is 0 Å². The lowest BCUT2D eigenvalue weighted by atomic mass is 9.94. The molecular weight excluding hydrogens is 486 g/mol. The van der Waals surface area contributed by atoms with Crippen LogP contribution in [0, 0.1) is 25.7 Å². The van der Waals surface area contributed by atoms with Crippen LogP contribution in [0.3, 0.4) is 0 Å². The van der Waals surface area contributed by atoms with E-state index < -0.39 is 9.84 Å². The molecule has 1 heterocycles. The van der Waals surface area contributed by atoms with Gasteiger partial charge in [0.25, 0.3) is 0 Å². The van der Waals surface area contributed by atoms with Gasteiger partial charge in [0.2, 0.25) is 5.88 Å². The van der Waals surface area contributed by atoms with Crippen LogP contribution in [0.4, 0.5) is 0 Å². The Hall–Kier alpha value is -3.19. The molecule has 3 atom stereocenters. The van der Waals surface area contributed by atoms with E-state index >= 15 is 0 Å². The molecule has 1 fully saturated rings. The highest BCUT2D eigenvalue weighted by molar-refractivity contribution is 7.90. The Labute approximate surface area is 219 Å². The number of nitrogens with zero attached hydrogens (tertiary/aromatic N) is 1. The van der Waals surface area contributed by atoms with Gasteiger partial charge >= 0.3 is 0 Å². The van der Waals surface area contributed by atoms with Crippen LogP contribution < -0.4 is 9.47 Å². The molecule has 0 radical (unpaired) electrons. The van der Waals surface area contributed by atoms with E-state index in [1.807, 2.05) is 36.5 Å². The zero-order valence-corrected chi connectivity index (χ0v) is 22.6. The third-order valence-corrected chi connectivity index (χ3v) is 8.52. The van der Waals surface area contributed by atoms with Crippen LogP contribution in [0.25, 0.3) is 11.1 Å². The number of aryl methyl sites for hydroxylation is 2. The van der Waals surface area contributed by atoms with Gasteiger partial charge in [0, 0.05) is 24.4 Å². The number of carbonyl (C=O) groups is 1. The molecule has 37 heavy (non-hydrogen) atoms. The summed E-state index contributed by atoms with van der Waals surface area (Å²) in [5.74, 6) is 2.80. The zero-order valence-electron chi connectivity index (χ0n) is 21.8. The molecule has 0 N–H and O–H groups in total. The highest BCUT2D eigenvalue weighted by Crippen LogP contribution is 2.61. The summed E-state index contributed by atoms with van der Waals surface area (Å²) in [6, 6.07) is 14.4. The lowest BCUT2D eigenvalue weighted by molar-refractivity contribution is -0.118. The SMILES string of the molecule is CC(=O)[C@H]1[C@@H]2Cc3cc(OCc4cccc(-c5c(C)cc(OCCCS(C)(=O)=O)cc5C)c4)ncc3[C@@H]21. The van der Waals surface area contributed by atoms with Crippen molar-refractivity contribution < 1.29 is 22.7 Å². The van der Waals surface area contributed by atoms with Crippen molar-refractivity contribution in [1.82, 2.24) is 4.98 Å². The number of carbonyl (C=O) groups excluding carboxylic acids is 1. The van der Waals surface area contributed by atoms with Crippen molar-refractivity contribution in [3.05, 3.63) is 76.5 Å². The quantitative estimate of drug-likeness (QED) is 0.341. The average molecular weight is 520 g/mol. The fraction of sp³-hybridized carbons (Fsp3) is 0.400. The summed E-state index contributed by atoms with van der Waals surface area (Å²) >= 11 is 0. The maximum atomic E-state index is 11.8. The zero-order chi connectivity index (χ0) is 26.3. The fourth-order valence-electron chi connectivity index (χ4n) is 5.85. The minimum atomic E-state index is -2.98. The second-order valence-corrected chi connectivity index (χ2v) is 12.8. The predicted molar refractivity (Wildman–Crippen MR) is 144 cm³/mol. The van der Waals surface area contributed by atoms with Gasteiger partial charge < -0.3 is 9.47 Å². The first-order chi connectivity index (χ1) is 17.6. The Morgan fingerprint density at radius 1 is 1.08 bits per heavy atom. The van der Waals surface area contributed by atoms with Gasteiger partial charge in [-0.05, 0) is 103 Å². The molecule has 0 spiro atoms. The number of rotatable bonds is 10. The van der Waals surface area contributed by atoms with Gasteiger partial charge in [-0.15, -0.1) is 0 Å². The predicted octanol–water partition coefficient (Wildman–Crippen LogP) is 5.23. The smallest absolute Gasteiger partial charge is 0.213 e. The molecule has 194 valence electrons. The van der Waals surface area contributed by atoms with Crippen molar-refractivity contribution in [2.45, 2.75) is 46.1 Å². The molecule has 0 bridgehead atoms. The van der Waals surface area contributed by atoms with Gasteiger partial charge in [-0.3, -0.25) is 4.79 Å². The third-order valence-electron chi connectivity index (χ3n) is 7.49. The second kappa shape index (κ2) is 9.93. The maximum absolute atomic E-state index is 11.8. The number of ether oxygens (including phenoxy) is 2. The lowest BCUT2D eigenvalue weighted by Gasteiger charge is -2.15. The van der Waals surface area contributed by atoms with E-state index in [-0.39, 0.29) is 17.5 Å². The van der Waals surface area contributed by atoms with E-state index in [2.05, 4.69) is 31.0 Å². The molecule has 2 aromatic carbocycles. The Morgan fingerprint density at radius 2 is 1.84 bits per heavy atom. The summed E-state index contributed by atoms with van der Waals surface area (Å²) in [4.78, 5) is 16.3. The number of fused-ring (bicyclic) bond motifs is 3. The number of Topliss-reactive ketones (excluding diaryl/α,β-unsaturated/α-hetero) is 1. The molecule has 7 heteroatoms. The minimum Gasteiger partial charge on any atom is -0.494 e. The van der Waals surface area contributed by atoms with Crippen molar-refractivity contribution in [2.75, 3.05) is 18.6 Å². The van der Waals surface area contributed by atoms with Gasteiger partial charge in [-0.1, -0.05) is 18.2 Å². The number of benzene rings is 2. The monoisotopic (exact) mass is 519 g/mol.